The van der Waals surface area contributed by atoms with Gasteiger partial charge in [-0.3, -0.25) is 4.98 Å². The quantitative estimate of drug-likeness (QED) is 0.521. The van der Waals surface area contributed by atoms with Crippen molar-refractivity contribution in [1.82, 2.24) is 13.0 Å². The van der Waals surface area contributed by atoms with Crippen molar-refractivity contribution in [2.45, 2.75) is 0 Å². The molecule has 0 unspecified atom stereocenters. The summed E-state index contributed by atoms with van der Waals surface area (Å²) in [4.78, 5) is 4.01. The fraction of sp³-hybridized carbons (Fsp3) is 0. The molecule has 2 aromatic heterocycles. The van der Waals surface area contributed by atoms with Crippen LogP contribution in [0.5, 0.6) is 0 Å². The van der Waals surface area contributed by atoms with Crippen LogP contribution in [0.1, 0.15) is 0 Å². The van der Waals surface area contributed by atoms with Gasteiger partial charge in [-0.15, -0.1) is 0 Å². The molecule has 5 nitrogen and oxygen atoms in total. The Kier molecular flexibility index (Phi) is 2.58. The van der Waals surface area contributed by atoms with E-state index in [2.05, 4.69) is 32.9 Å². The maximum Gasteiger partial charge on any atom is 0.101 e. The molecule has 0 aliphatic heterocycles. The van der Waals surface area contributed by atoms with Crippen LogP contribution in [-0.4, -0.2) is 13.0 Å². The van der Waals surface area contributed by atoms with Crippen LogP contribution in [0.15, 0.2) is 36.7 Å². The number of pyridine rings is 1. The van der Waals surface area contributed by atoms with Crippen molar-refractivity contribution in [3.8, 4) is 11.3 Å². The molecular formula is C12H10IN5. The first-order valence-electron chi connectivity index (χ1n) is 5.31. The van der Waals surface area contributed by atoms with Crippen molar-refractivity contribution in [2.24, 2.45) is 0 Å². The van der Waals surface area contributed by atoms with Gasteiger partial charge in [-0.2, -0.15) is 5.10 Å². The van der Waals surface area contributed by atoms with E-state index in [4.69, 9.17) is 11.5 Å². The van der Waals surface area contributed by atoms with Crippen LogP contribution >= 0.6 is 22.9 Å². The lowest BCUT2D eigenvalue weighted by Crippen LogP contribution is -1.94. The number of benzene rings is 1. The molecule has 0 radical (unpaired) electrons. The van der Waals surface area contributed by atoms with Crippen LogP contribution in [0.2, 0.25) is 0 Å². The molecule has 18 heavy (non-hydrogen) atoms. The second-order valence-corrected chi connectivity index (χ2v) is 4.86. The number of rotatable bonds is 1. The molecule has 0 spiro atoms. The lowest BCUT2D eigenvalue weighted by Gasteiger charge is -2.01. The van der Waals surface area contributed by atoms with Gasteiger partial charge in [0.25, 0.3) is 0 Å². The van der Waals surface area contributed by atoms with Crippen molar-refractivity contribution >= 4 is 45.1 Å². The second-order valence-electron chi connectivity index (χ2n) is 3.94. The highest BCUT2D eigenvalue weighted by molar-refractivity contribution is 14.1. The Morgan fingerprint density at radius 2 is 1.72 bits per heavy atom. The van der Waals surface area contributed by atoms with E-state index >= 15 is 0 Å². The topological polar surface area (TPSA) is 82.8 Å². The van der Waals surface area contributed by atoms with Gasteiger partial charge >= 0.3 is 0 Å². The van der Waals surface area contributed by atoms with Crippen LogP contribution in [0.4, 0.5) is 11.4 Å². The molecule has 0 amide bonds. The molecule has 1 aromatic carbocycles. The number of anilines is 2. The number of hydrogen-bond acceptors (Lipinski definition) is 4. The van der Waals surface area contributed by atoms with Gasteiger partial charge in [0, 0.05) is 23.3 Å². The van der Waals surface area contributed by atoms with E-state index in [-0.39, 0.29) is 0 Å². The molecule has 3 aromatic rings. The highest BCUT2D eigenvalue weighted by Crippen LogP contribution is 2.32. The predicted molar refractivity (Wildman–Crippen MR) is 81.2 cm³/mol. The third-order valence-corrected chi connectivity index (χ3v) is 3.53. The smallest absolute Gasteiger partial charge is 0.101 e. The molecule has 3 rings (SSSR count). The van der Waals surface area contributed by atoms with Gasteiger partial charge in [-0.1, -0.05) is 0 Å². The van der Waals surface area contributed by atoms with Gasteiger partial charge in [-0.25, -0.2) is 2.90 Å². The van der Waals surface area contributed by atoms with Crippen molar-refractivity contribution in [1.29, 1.82) is 0 Å². The minimum atomic E-state index is 0.571. The van der Waals surface area contributed by atoms with E-state index < -0.39 is 0 Å². The van der Waals surface area contributed by atoms with Crippen molar-refractivity contribution in [3.63, 3.8) is 0 Å². The van der Waals surface area contributed by atoms with Crippen LogP contribution in [-0.2, 0) is 0 Å². The molecule has 0 fully saturated rings. The first-order valence-corrected chi connectivity index (χ1v) is 6.27. The van der Waals surface area contributed by atoms with E-state index in [1.807, 2.05) is 24.3 Å². The van der Waals surface area contributed by atoms with Gasteiger partial charge in [-0.05, 0) is 24.3 Å². The molecule has 0 saturated carbocycles. The minimum absolute atomic E-state index is 0.571. The number of halogens is 1. The average molecular weight is 351 g/mol. The minimum Gasteiger partial charge on any atom is -0.397 e. The van der Waals surface area contributed by atoms with Gasteiger partial charge < -0.3 is 11.5 Å². The number of nitrogen functional groups attached to an aromatic ring is 2. The zero-order chi connectivity index (χ0) is 12.7. The fourth-order valence-electron chi connectivity index (χ4n) is 1.88. The molecule has 6 heteroatoms. The molecule has 90 valence electrons. The molecular weight excluding hydrogens is 341 g/mol. The number of hydrogen-bond donors (Lipinski definition) is 2. The summed E-state index contributed by atoms with van der Waals surface area (Å²) in [6, 6.07) is 7.55. The Morgan fingerprint density at radius 1 is 1.06 bits per heavy atom. The van der Waals surface area contributed by atoms with Gasteiger partial charge in [0.05, 0.1) is 39.8 Å². The van der Waals surface area contributed by atoms with E-state index in [9.17, 15) is 0 Å². The average Bonchev–Trinajstić information content (AvgIpc) is 2.69. The Balaban J connectivity index is 2.35. The summed E-state index contributed by atoms with van der Waals surface area (Å²) >= 11 is 2.13. The summed E-state index contributed by atoms with van der Waals surface area (Å²) in [5.41, 5.74) is 15.7. The molecule has 0 aliphatic carbocycles. The van der Waals surface area contributed by atoms with Crippen LogP contribution in [0.3, 0.4) is 0 Å². The number of nitrogens with two attached hydrogens (primary N) is 2. The maximum absolute atomic E-state index is 5.87. The summed E-state index contributed by atoms with van der Waals surface area (Å²) in [6.45, 7) is 0. The van der Waals surface area contributed by atoms with Crippen LogP contribution in [0, 0.1) is 0 Å². The van der Waals surface area contributed by atoms with Crippen molar-refractivity contribution in [3.05, 3.63) is 36.7 Å². The summed E-state index contributed by atoms with van der Waals surface area (Å²) in [7, 11) is 0. The van der Waals surface area contributed by atoms with E-state index in [1.165, 1.54) is 0 Å². The molecule has 0 atom stereocenters. The van der Waals surface area contributed by atoms with Crippen molar-refractivity contribution in [2.75, 3.05) is 11.5 Å². The van der Waals surface area contributed by atoms with Crippen LogP contribution in [0.25, 0.3) is 22.2 Å². The Hall–Kier alpha value is -1.83. The third-order valence-electron chi connectivity index (χ3n) is 2.80. The Morgan fingerprint density at radius 3 is 2.44 bits per heavy atom. The monoisotopic (exact) mass is 351 g/mol. The summed E-state index contributed by atoms with van der Waals surface area (Å²) in [5, 5.41) is 5.49. The molecule has 4 N–H and O–H groups in total. The zero-order valence-corrected chi connectivity index (χ0v) is 11.5. The third kappa shape index (κ3) is 1.69. The molecule has 0 aliphatic rings. The first-order chi connectivity index (χ1) is 8.66. The fourth-order valence-corrected chi connectivity index (χ4v) is 2.50. The Bertz CT molecular complexity index is 720. The van der Waals surface area contributed by atoms with E-state index in [0.717, 1.165) is 22.2 Å². The van der Waals surface area contributed by atoms with Gasteiger partial charge in [0.15, 0.2) is 0 Å². The summed E-state index contributed by atoms with van der Waals surface area (Å²) in [5.74, 6) is 0. The molecule has 0 saturated heterocycles. The zero-order valence-electron chi connectivity index (χ0n) is 9.34. The summed E-state index contributed by atoms with van der Waals surface area (Å²) in [6.07, 6.45) is 3.49. The second kappa shape index (κ2) is 4.13. The van der Waals surface area contributed by atoms with Gasteiger partial charge in [0.1, 0.15) is 5.69 Å². The lowest BCUT2D eigenvalue weighted by atomic mass is 10.1. The molecule has 2 heterocycles. The highest BCUT2D eigenvalue weighted by Gasteiger charge is 2.12. The van der Waals surface area contributed by atoms with E-state index in [1.54, 1.807) is 15.3 Å². The van der Waals surface area contributed by atoms with E-state index in [0.29, 0.717) is 11.4 Å². The first kappa shape index (κ1) is 11.3. The lowest BCUT2D eigenvalue weighted by molar-refractivity contribution is 1.09. The highest BCUT2D eigenvalue weighted by atomic mass is 127. The largest absolute Gasteiger partial charge is 0.397 e. The predicted octanol–water partition coefficient (Wildman–Crippen LogP) is 2.46. The Labute approximate surface area is 117 Å². The van der Waals surface area contributed by atoms with Crippen LogP contribution < -0.4 is 11.5 Å². The number of fused-ring (bicyclic) bond motifs is 1. The standard InChI is InChI=1S/C12H10IN5/c13-18-11-6-10(15)9(14)5-8(11)12(17-18)7-1-3-16-4-2-7/h1-6H,14-15H2. The SMILES string of the molecule is Nc1cc2c(-c3ccncc3)nn(I)c2cc1N. The normalized spacial score (nSPS) is 10.9. The number of aromatic nitrogens is 3. The van der Waals surface area contributed by atoms with Gasteiger partial charge in [0.2, 0.25) is 0 Å². The molecule has 0 bridgehead atoms. The summed E-state index contributed by atoms with van der Waals surface area (Å²) < 4.78 is 1.78. The number of nitrogens with zero attached hydrogens (tertiary/aromatic N) is 3. The maximum atomic E-state index is 5.87. The van der Waals surface area contributed by atoms with Crippen molar-refractivity contribution < 1.29 is 0 Å².